The molecule has 2 fully saturated rings. The summed E-state index contributed by atoms with van der Waals surface area (Å²) < 4.78 is 16.3. The Morgan fingerprint density at radius 2 is 2.00 bits per heavy atom. The fraction of sp³-hybridized carbons (Fsp3) is 0.609. The van der Waals surface area contributed by atoms with Gasteiger partial charge < -0.3 is 10.2 Å². The van der Waals surface area contributed by atoms with Crippen LogP contribution in [0.15, 0.2) is 36.9 Å². The molecule has 1 aromatic carbocycles. The van der Waals surface area contributed by atoms with Gasteiger partial charge in [0.1, 0.15) is 18.5 Å². The van der Waals surface area contributed by atoms with Crippen molar-refractivity contribution in [3.05, 3.63) is 48.3 Å². The number of carbonyl (C=O) groups is 1. The molecule has 1 aromatic heterocycles. The van der Waals surface area contributed by atoms with Crippen molar-refractivity contribution >= 4 is 5.91 Å². The molecule has 1 saturated carbocycles. The highest BCUT2D eigenvalue weighted by atomic mass is 19.1. The number of piperidine rings is 1. The Morgan fingerprint density at radius 1 is 1.27 bits per heavy atom. The summed E-state index contributed by atoms with van der Waals surface area (Å²) in [4.78, 5) is 18.8. The number of nitrogens with one attached hydrogen (secondary N) is 1. The molecule has 1 aliphatic heterocycles. The van der Waals surface area contributed by atoms with Gasteiger partial charge in [-0.25, -0.2) is 14.1 Å². The second kappa shape index (κ2) is 9.25. The van der Waals surface area contributed by atoms with Crippen molar-refractivity contribution in [2.75, 3.05) is 19.6 Å². The average Bonchev–Trinajstić information content (AvgIpc) is 3.43. The van der Waals surface area contributed by atoms with E-state index in [1.54, 1.807) is 23.1 Å². The molecule has 162 valence electrons. The van der Waals surface area contributed by atoms with Crippen molar-refractivity contribution in [2.24, 2.45) is 0 Å². The van der Waals surface area contributed by atoms with Gasteiger partial charge in [0.2, 0.25) is 5.91 Å². The van der Waals surface area contributed by atoms with E-state index >= 15 is 0 Å². The number of likely N-dealkylation sites (tertiary alicyclic amines) is 1. The molecule has 6 nitrogen and oxygen atoms in total. The minimum Gasteiger partial charge on any atom is -0.353 e. The molecule has 0 radical (unpaired) electrons. The van der Waals surface area contributed by atoms with Crippen LogP contribution in [0.5, 0.6) is 0 Å². The molecule has 0 bridgehead atoms. The Kier molecular flexibility index (Phi) is 6.46. The highest BCUT2D eigenvalue weighted by Crippen LogP contribution is 2.43. The zero-order chi connectivity index (χ0) is 21.0. The molecule has 2 aliphatic rings. The molecule has 1 N–H and O–H groups in total. The first-order valence-corrected chi connectivity index (χ1v) is 11.2. The van der Waals surface area contributed by atoms with Crippen molar-refractivity contribution in [1.29, 1.82) is 0 Å². The third-order valence-electron chi connectivity index (χ3n) is 6.85. The van der Waals surface area contributed by atoms with Crippen LogP contribution < -0.4 is 5.32 Å². The van der Waals surface area contributed by atoms with E-state index in [-0.39, 0.29) is 29.2 Å². The van der Waals surface area contributed by atoms with Crippen LogP contribution in [0.4, 0.5) is 4.39 Å². The van der Waals surface area contributed by atoms with Gasteiger partial charge in [-0.15, -0.1) is 0 Å². The number of hydrogen-bond acceptors (Lipinski definition) is 4. The van der Waals surface area contributed by atoms with Crippen molar-refractivity contribution in [1.82, 2.24) is 25.0 Å². The van der Waals surface area contributed by atoms with Crippen LogP contribution in [-0.2, 0) is 10.2 Å². The van der Waals surface area contributed by atoms with E-state index in [0.717, 1.165) is 50.9 Å². The van der Waals surface area contributed by atoms with Gasteiger partial charge in [-0.05, 0) is 44.2 Å². The van der Waals surface area contributed by atoms with E-state index < -0.39 is 0 Å². The molecular weight excluding hydrogens is 381 g/mol. The third kappa shape index (κ3) is 4.72. The number of aromatic nitrogens is 3. The Hall–Kier alpha value is -2.28. The Morgan fingerprint density at radius 3 is 2.67 bits per heavy atom. The smallest absolute Gasteiger partial charge is 0.222 e. The summed E-state index contributed by atoms with van der Waals surface area (Å²) in [5.74, 6) is -0.00174. The molecule has 1 unspecified atom stereocenters. The first-order chi connectivity index (χ1) is 14.6. The van der Waals surface area contributed by atoms with E-state index in [1.165, 1.54) is 19.2 Å². The average molecular weight is 414 g/mol. The van der Waals surface area contributed by atoms with Crippen molar-refractivity contribution in [3.8, 4) is 0 Å². The van der Waals surface area contributed by atoms with E-state index in [0.29, 0.717) is 6.42 Å². The first-order valence-electron chi connectivity index (χ1n) is 11.2. The zero-order valence-corrected chi connectivity index (χ0v) is 17.8. The minimum absolute atomic E-state index is 0.00409. The number of rotatable bonds is 7. The summed E-state index contributed by atoms with van der Waals surface area (Å²) in [5, 5.41) is 7.29. The van der Waals surface area contributed by atoms with Crippen LogP contribution in [0.25, 0.3) is 0 Å². The number of nitrogens with zero attached hydrogens (tertiary/aromatic N) is 4. The zero-order valence-electron chi connectivity index (χ0n) is 17.8. The fourth-order valence-corrected chi connectivity index (χ4v) is 5.21. The van der Waals surface area contributed by atoms with Gasteiger partial charge in [-0.3, -0.25) is 4.79 Å². The van der Waals surface area contributed by atoms with Gasteiger partial charge in [-0.2, -0.15) is 5.10 Å². The van der Waals surface area contributed by atoms with Crippen LogP contribution in [-0.4, -0.2) is 51.2 Å². The second-order valence-electron chi connectivity index (χ2n) is 9.01. The van der Waals surface area contributed by atoms with Gasteiger partial charge in [-0.1, -0.05) is 31.0 Å². The van der Waals surface area contributed by atoms with Crippen LogP contribution in [0.2, 0.25) is 0 Å². The predicted molar refractivity (Wildman–Crippen MR) is 114 cm³/mol. The molecule has 1 amide bonds. The number of amides is 1. The predicted octanol–water partition coefficient (Wildman–Crippen LogP) is 3.46. The minimum atomic E-state index is -0.0666. The molecule has 4 rings (SSSR count). The van der Waals surface area contributed by atoms with Gasteiger partial charge in [0.05, 0.1) is 6.04 Å². The number of benzene rings is 1. The number of carbonyl (C=O) groups excluding carboxylic acids is 1. The van der Waals surface area contributed by atoms with Gasteiger partial charge in [0.25, 0.3) is 0 Å². The molecule has 1 atom stereocenters. The highest BCUT2D eigenvalue weighted by molar-refractivity contribution is 5.76. The second-order valence-corrected chi connectivity index (χ2v) is 9.01. The number of hydrogen-bond donors (Lipinski definition) is 1. The summed E-state index contributed by atoms with van der Waals surface area (Å²) in [6.07, 6.45) is 9.88. The topological polar surface area (TPSA) is 63.1 Å². The maximum absolute atomic E-state index is 14.6. The first kappa shape index (κ1) is 21.0. The standard InChI is InChI=1S/C23H32FN5O/c1-18(29-17-25-16-26-29)14-22(30)27-19-8-12-28(13-9-19)15-23(10-4-5-11-23)20-6-2-3-7-21(20)24/h2-3,6-7,16-19H,4-5,8-15H2,1H3,(H,27,30). The Balaban J connectivity index is 1.29. The largest absolute Gasteiger partial charge is 0.353 e. The van der Waals surface area contributed by atoms with Crippen LogP contribution >= 0.6 is 0 Å². The molecule has 2 heterocycles. The molecule has 1 aliphatic carbocycles. The maximum atomic E-state index is 14.6. The lowest BCUT2D eigenvalue weighted by Gasteiger charge is -2.39. The molecule has 2 aromatic rings. The highest BCUT2D eigenvalue weighted by Gasteiger charge is 2.39. The van der Waals surface area contributed by atoms with Crippen molar-refractivity contribution in [3.63, 3.8) is 0 Å². The Labute approximate surface area is 177 Å². The van der Waals surface area contributed by atoms with Gasteiger partial charge in [0.15, 0.2) is 0 Å². The normalized spacial score (nSPS) is 20.9. The van der Waals surface area contributed by atoms with E-state index in [9.17, 15) is 9.18 Å². The monoisotopic (exact) mass is 413 g/mol. The van der Waals surface area contributed by atoms with E-state index in [1.807, 2.05) is 19.1 Å². The lowest BCUT2D eigenvalue weighted by Crippen LogP contribution is -2.48. The SMILES string of the molecule is CC(CC(=O)NC1CCN(CC2(c3ccccc3F)CCCC2)CC1)n1cncn1. The van der Waals surface area contributed by atoms with Crippen molar-refractivity contribution < 1.29 is 9.18 Å². The molecular formula is C23H32FN5O. The summed E-state index contributed by atoms with van der Waals surface area (Å²) in [5.41, 5.74) is 0.828. The van der Waals surface area contributed by atoms with Gasteiger partial charge in [0, 0.05) is 37.5 Å². The quantitative estimate of drug-likeness (QED) is 0.755. The summed E-state index contributed by atoms with van der Waals surface area (Å²) in [6, 6.07) is 7.52. The molecule has 0 spiro atoms. The molecule has 1 saturated heterocycles. The molecule has 7 heteroatoms. The maximum Gasteiger partial charge on any atom is 0.222 e. The lowest BCUT2D eigenvalue weighted by molar-refractivity contribution is -0.122. The van der Waals surface area contributed by atoms with Gasteiger partial charge >= 0.3 is 0 Å². The van der Waals surface area contributed by atoms with E-state index in [4.69, 9.17) is 0 Å². The lowest BCUT2D eigenvalue weighted by atomic mass is 9.77. The summed E-state index contributed by atoms with van der Waals surface area (Å²) in [6.45, 7) is 4.78. The van der Waals surface area contributed by atoms with Crippen molar-refractivity contribution in [2.45, 2.75) is 69.4 Å². The van der Waals surface area contributed by atoms with Crippen LogP contribution in [0.3, 0.4) is 0 Å². The Bertz CT molecular complexity index is 826. The van der Waals surface area contributed by atoms with Crippen LogP contribution in [0, 0.1) is 5.82 Å². The van der Waals surface area contributed by atoms with Crippen LogP contribution in [0.1, 0.15) is 63.5 Å². The number of halogens is 1. The third-order valence-corrected chi connectivity index (χ3v) is 6.85. The molecule has 30 heavy (non-hydrogen) atoms. The fourth-order valence-electron chi connectivity index (χ4n) is 5.21. The summed E-state index contributed by atoms with van der Waals surface area (Å²) >= 11 is 0. The van der Waals surface area contributed by atoms with E-state index in [2.05, 4.69) is 20.3 Å². The summed E-state index contributed by atoms with van der Waals surface area (Å²) in [7, 11) is 0.